The van der Waals surface area contributed by atoms with Crippen molar-refractivity contribution in [2.75, 3.05) is 47.9 Å². The number of aromatic nitrogens is 1. The molecular formula is C52H79N3O15. The van der Waals surface area contributed by atoms with Crippen LogP contribution in [0.2, 0.25) is 0 Å². The van der Waals surface area contributed by atoms with Gasteiger partial charge in [0, 0.05) is 57.5 Å². The number of fused-ring (bicyclic) bond motifs is 1. The van der Waals surface area contributed by atoms with Crippen LogP contribution in [-0.4, -0.2) is 181 Å². The molecule has 392 valence electrons. The number of carbonyl (C=O) groups is 4. The first-order valence-electron chi connectivity index (χ1n) is 24.8. The summed E-state index contributed by atoms with van der Waals surface area (Å²) in [4.78, 5) is 59.9. The summed E-state index contributed by atoms with van der Waals surface area (Å²) in [5.41, 5.74) is 0.546. The molecule has 0 spiro atoms. The predicted molar refractivity (Wildman–Crippen MR) is 258 cm³/mol. The van der Waals surface area contributed by atoms with E-state index >= 15 is 0 Å². The van der Waals surface area contributed by atoms with Gasteiger partial charge in [0.2, 0.25) is 0 Å². The molecule has 1 aromatic heterocycles. The van der Waals surface area contributed by atoms with E-state index in [0.717, 1.165) is 22.8 Å². The van der Waals surface area contributed by atoms with Crippen molar-refractivity contribution >= 4 is 35.1 Å². The largest absolute Gasteiger partial charge is 0.466 e. The molecule has 0 saturated carbocycles. The van der Waals surface area contributed by atoms with E-state index < -0.39 is 115 Å². The van der Waals surface area contributed by atoms with Crippen molar-refractivity contribution in [3.05, 3.63) is 54.2 Å². The van der Waals surface area contributed by atoms with Gasteiger partial charge in [-0.2, -0.15) is 0 Å². The van der Waals surface area contributed by atoms with Crippen LogP contribution in [0.1, 0.15) is 92.1 Å². The minimum Gasteiger partial charge on any atom is -0.466 e. The van der Waals surface area contributed by atoms with Crippen molar-refractivity contribution in [3.8, 4) is 0 Å². The molecule has 3 N–H and O–H groups in total. The van der Waals surface area contributed by atoms with Gasteiger partial charge in [0.05, 0.1) is 49.0 Å². The van der Waals surface area contributed by atoms with Gasteiger partial charge >= 0.3 is 17.9 Å². The second kappa shape index (κ2) is 26.7. The smallest absolute Gasteiger partial charge is 0.309 e. The van der Waals surface area contributed by atoms with Crippen molar-refractivity contribution in [3.63, 3.8) is 0 Å². The maximum atomic E-state index is 13.8. The maximum absolute atomic E-state index is 13.8. The number of pyridine rings is 1. The first-order chi connectivity index (χ1) is 33.3. The van der Waals surface area contributed by atoms with Crippen molar-refractivity contribution in [2.45, 2.75) is 172 Å². The van der Waals surface area contributed by atoms with Crippen LogP contribution in [0, 0.1) is 17.8 Å². The Hall–Kier alpha value is -3.95. The number of hydrogen-bond donors (Lipinski definition) is 3. The van der Waals surface area contributed by atoms with Crippen LogP contribution in [0.15, 0.2) is 48.7 Å². The molecule has 0 bridgehead atoms. The topological polar surface area (TPSA) is 222 Å². The number of carbonyl (C=O) groups excluding carboxylic acids is 4. The van der Waals surface area contributed by atoms with Crippen LogP contribution < -0.4 is 0 Å². The van der Waals surface area contributed by atoms with E-state index in [1.54, 1.807) is 59.8 Å². The summed E-state index contributed by atoms with van der Waals surface area (Å²) in [5.74, 6) is -2.87. The lowest BCUT2D eigenvalue weighted by Crippen LogP contribution is -2.66. The number of ether oxygens (including phenoxy) is 8. The normalized spacial score (nSPS) is 35.6. The van der Waals surface area contributed by atoms with Gasteiger partial charge in [-0.25, -0.2) is 0 Å². The number of allylic oxidation sites excluding steroid dienone is 1. The van der Waals surface area contributed by atoms with Crippen LogP contribution in [0.25, 0.3) is 10.9 Å². The van der Waals surface area contributed by atoms with E-state index in [0.29, 0.717) is 25.9 Å². The summed E-state index contributed by atoms with van der Waals surface area (Å²) in [5, 5.41) is 36.5. The third-order valence-electron chi connectivity index (χ3n) is 13.8. The van der Waals surface area contributed by atoms with E-state index in [9.17, 15) is 34.5 Å². The second-order valence-electron chi connectivity index (χ2n) is 19.8. The van der Waals surface area contributed by atoms with Crippen LogP contribution in [0.4, 0.5) is 0 Å². The van der Waals surface area contributed by atoms with Crippen molar-refractivity contribution in [1.82, 2.24) is 14.8 Å². The third-order valence-corrected chi connectivity index (χ3v) is 13.8. The zero-order valence-corrected chi connectivity index (χ0v) is 42.7. The highest BCUT2D eigenvalue weighted by atomic mass is 16.7. The molecule has 5 rings (SSSR count). The van der Waals surface area contributed by atoms with Crippen molar-refractivity contribution < 1.29 is 72.4 Å². The lowest BCUT2D eigenvalue weighted by molar-refractivity contribution is -0.344. The van der Waals surface area contributed by atoms with Crippen LogP contribution in [0.3, 0.4) is 0 Å². The number of esters is 3. The fraction of sp³-hybridized carbons (Fsp3) is 0.712. The fourth-order valence-corrected chi connectivity index (χ4v) is 10.1. The summed E-state index contributed by atoms with van der Waals surface area (Å²) >= 11 is 0. The molecule has 0 amide bonds. The Bertz CT molecular complexity index is 2020. The highest BCUT2D eigenvalue weighted by molar-refractivity contribution is 5.79. The summed E-state index contributed by atoms with van der Waals surface area (Å²) in [6.07, 6.45) is -3.79. The van der Waals surface area contributed by atoms with Gasteiger partial charge in [0.1, 0.15) is 36.3 Å². The summed E-state index contributed by atoms with van der Waals surface area (Å²) in [7, 11) is 6.83. The Morgan fingerprint density at radius 1 is 0.986 bits per heavy atom. The summed E-state index contributed by atoms with van der Waals surface area (Å²) in [6, 6.07) is 9.32. The lowest BCUT2D eigenvalue weighted by atomic mass is 9.82. The predicted octanol–water partition coefficient (Wildman–Crippen LogP) is 4.16. The molecule has 0 aliphatic carbocycles. The molecule has 4 heterocycles. The molecule has 18 nitrogen and oxygen atoms in total. The number of aldehydes is 1. The van der Waals surface area contributed by atoms with Gasteiger partial charge in [-0.3, -0.25) is 19.4 Å². The zero-order chi connectivity index (χ0) is 51.3. The number of benzene rings is 1. The van der Waals surface area contributed by atoms with E-state index in [1.165, 1.54) is 7.11 Å². The van der Waals surface area contributed by atoms with Gasteiger partial charge < -0.3 is 67.8 Å². The first kappa shape index (κ1) is 57.0. The number of β-amino-alcohol motifs (C(OH)–C–C–N with tert-alkyl or cyclic N) is 1. The minimum atomic E-state index is -1.50. The number of hydrogen-bond acceptors (Lipinski definition) is 18. The molecule has 70 heavy (non-hydrogen) atoms. The fourth-order valence-electron chi connectivity index (χ4n) is 10.1. The average molecular weight is 986 g/mol. The molecule has 2 aromatic rings. The SMILES string of the molecule is CCC(=O)O[C@@H]1CC(=O)OCCC(/C=C/Cc2ccc3ncccc3c2)CN(C)C[C@H](O)[C@H](C)C[C@H](CC=O)[C@H](O[C@@H]2OC(C)[C@H](O[C@H]3CC(C)(O)[C@@H](OC(=O)CC)C(C)O3)C(N(C)C)C2O)[C@H]1OC. The van der Waals surface area contributed by atoms with Crippen LogP contribution in [-0.2, 0) is 63.5 Å². The zero-order valence-electron chi connectivity index (χ0n) is 42.7. The molecular weight excluding hydrogens is 907 g/mol. The highest BCUT2D eigenvalue weighted by Gasteiger charge is 2.53. The Kier molecular flexibility index (Phi) is 21.7. The Morgan fingerprint density at radius 3 is 2.39 bits per heavy atom. The van der Waals surface area contributed by atoms with Gasteiger partial charge in [0.25, 0.3) is 0 Å². The monoisotopic (exact) mass is 986 g/mol. The second-order valence-corrected chi connectivity index (χ2v) is 19.8. The molecule has 18 heteroatoms. The maximum Gasteiger partial charge on any atom is 0.309 e. The van der Waals surface area contributed by atoms with E-state index in [1.807, 2.05) is 37.1 Å². The van der Waals surface area contributed by atoms with Gasteiger partial charge in [0.15, 0.2) is 18.7 Å². The van der Waals surface area contributed by atoms with Crippen LogP contribution >= 0.6 is 0 Å². The number of methoxy groups -OCH3 is 1. The standard InChI is InChI=1S/C52H79N3O15/c1-11-41(58)67-40-27-43(60)64-24-21-35(16-13-15-34-18-19-38-36(26-34)17-14-22-53-38)29-55(9)30-39(57)31(3)25-37(20-23-56)48(49(40)63-10)70-51-46(61)45(54(7)8)47(32(4)66-51)69-44-28-52(6,62)50(33(5)65-44)68-42(59)12-2/h13-14,16-19,22-23,26,31-33,35,37,39-40,44-51,57,61-62H,11-12,15,20-21,24-25,27-30H2,1-10H3/b16-13+/t31-,32?,33?,35?,37+,39+,40-,44+,45?,46?,47+,48+,49+,50+,51+,52?/m1/s1. The number of nitrogens with zero attached hydrogens (tertiary/aromatic N) is 3. The number of aliphatic hydroxyl groups excluding tert-OH is 2. The summed E-state index contributed by atoms with van der Waals surface area (Å²) < 4.78 is 49.3. The van der Waals surface area contributed by atoms with Crippen LogP contribution in [0.5, 0.6) is 0 Å². The molecule has 3 aliphatic rings. The van der Waals surface area contributed by atoms with E-state index in [2.05, 4.69) is 29.3 Å². The quantitative estimate of drug-likeness (QED) is 0.0987. The van der Waals surface area contributed by atoms with Crippen molar-refractivity contribution in [2.24, 2.45) is 17.8 Å². The Labute approximate surface area is 413 Å². The molecule has 16 atom stereocenters. The third kappa shape index (κ3) is 15.5. The first-order valence-corrected chi connectivity index (χ1v) is 24.8. The number of likely N-dealkylation sites (N-methyl/N-ethyl adjacent to an activating group) is 2. The van der Waals surface area contributed by atoms with Gasteiger partial charge in [-0.05, 0) is 103 Å². The molecule has 0 radical (unpaired) electrons. The summed E-state index contributed by atoms with van der Waals surface area (Å²) in [6.45, 7) is 11.1. The molecule has 3 fully saturated rings. The van der Waals surface area contributed by atoms with Gasteiger partial charge in [-0.15, -0.1) is 0 Å². The lowest BCUT2D eigenvalue weighted by Gasteiger charge is -2.50. The number of rotatable bonds is 15. The average Bonchev–Trinajstić information content (AvgIpc) is 3.30. The highest BCUT2D eigenvalue weighted by Crippen LogP contribution is 2.38. The molecule has 3 saturated heterocycles. The minimum absolute atomic E-state index is 0.0105. The Balaban J connectivity index is 1.40. The number of aliphatic hydroxyl groups is 3. The van der Waals surface area contributed by atoms with Crippen molar-refractivity contribution in [1.29, 1.82) is 0 Å². The number of cyclic esters (lactones) is 1. The molecule has 1 aromatic carbocycles. The van der Waals surface area contributed by atoms with E-state index in [-0.39, 0.29) is 44.6 Å². The molecule has 6 unspecified atom stereocenters. The molecule has 3 aliphatic heterocycles. The van der Waals surface area contributed by atoms with Gasteiger partial charge in [-0.1, -0.05) is 45.1 Å². The Morgan fingerprint density at radius 2 is 1.71 bits per heavy atom. The van der Waals surface area contributed by atoms with E-state index in [4.69, 9.17) is 37.9 Å².